The van der Waals surface area contributed by atoms with E-state index in [2.05, 4.69) is 5.32 Å². The zero-order valence-electron chi connectivity index (χ0n) is 19.5. The van der Waals surface area contributed by atoms with Gasteiger partial charge in [-0.2, -0.15) is 0 Å². The minimum Gasteiger partial charge on any atom is -0.497 e. The highest BCUT2D eigenvalue weighted by Crippen LogP contribution is 2.20. The van der Waals surface area contributed by atoms with Crippen LogP contribution in [0.3, 0.4) is 0 Å². The number of nitrogens with one attached hydrogen (secondary N) is 1. The van der Waals surface area contributed by atoms with Gasteiger partial charge in [0.25, 0.3) is 5.91 Å². The van der Waals surface area contributed by atoms with Gasteiger partial charge < -0.3 is 24.4 Å². The van der Waals surface area contributed by atoms with E-state index in [1.165, 1.54) is 6.08 Å². The molecule has 1 fully saturated rings. The zero-order chi connectivity index (χ0) is 24.3. The van der Waals surface area contributed by atoms with Gasteiger partial charge >= 0.3 is 6.16 Å². The molecule has 0 aromatic heterocycles. The number of ether oxygens (including phenoxy) is 3. The molecule has 0 aliphatic carbocycles. The van der Waals surface area contributed by atoms with Gasteiger partial charge in [-0.1, -0.05) is 12.1 Å². The third kappa shape index (κ3) is 7.37. The molecule has 0 spiro atoms. The Labute approximate surface area is 199 Å². The maximum atomic E-state index is 12.8. The lowest BCUT2D eigenvalue weighted by Crippen LogP contribution is -2.41. The molecule has 34 heavy (non-hydrogen) atoms. The van der Waals surface area contributed by atoms with Crippen molar-refractivity contribution in [1.29, 1.82) is 0 Å². The number of rotatable bonds is 8. The van der Waals surface area contributed by atoms with Gasteiger partial charge in [0.2, 0.25) is 5.91 Å². The summed E-state index contributed by atoms with van der Waals surface area (Å²) in [6.45, 7) is 3.75. The van der Waals surface area contributed by atoms with E-state index in [1.54, 1.807) is 44.4 Å². The van der Waals surface area contributed by atoms with E-state index in [1.807, 2.05) is 29.2 Å². The van der Waals surface area contributed by atoms with Gasteiger partial charge in [-0.05, 0) is 73.7 Å². The Morgan fingerprint density at radius 3 is 2.47 bits per heavy atom. The monoisotopic (exact) mass is 466 g/mol. The molecule has 1 N–H and O–H groups in total. The minimum absolute atomic E-state index is 0.0635. The highest BCUT2D eigenvalue weighted by atomic mass is 16.7. The van der Waals surface area contributed by atoms with E-state index in [4.69, 9.17) is 14.2 Å². The van der Waals surface area contributed by atoms with Crippen LogP contribution in [0.25, 0.3) is 6.08 Å². The lowest BCUT2D eigenvalue weighted by Gasteiger charge is -2.32. The standard InChI is InChI=1S/C26H30N2O6/c1-3-33-26(31)34-22-10-8-21(9-11-22)25(30)28-15-13-20(14-16-28)18-27-24(29)12-7-19-5-4-6-23(17-19)32-2/h4-12,17,20H,3,13-16,18H2,1-2H3,(H,27,29)/b12-7+. The van der Waals surface area contributed by atoms with Crippen molar-refractivity contribution in [2.24, 2.45) is 5.92 Å². The predicted molar refractivity (Wildman–Crippen MR) is 128 cm³/mol. The summed E-state index contributed by atoms with van der Waals surface area (Å²) in [6.07, 6.45) is 4.13. The van der Waals surface area contributed by atoms with E-state index in [9.17, 15) is 14.4 Å². The average Bonchev–Trinajstić information content (AvgIpc) is 2.87. The summed E-state index contributed by atoms with van der Waals surface area (Å²) in [7, 11) is 1.60. The van der Waals surface area contributed by atoms with Crippen molar-refractivity contribution >= 4 is 24.0 Å². The molecule has 1 saturated heterocycles. The highest BCUT2D eigenvalue weighted by Gasteiger charge is 2.24. The van der Waals surface area contributed by atoms with Crippen molar-refractivity contribution in [2.75, 3.05) is 33.4 Å². The maximum absolute atomic E-state index is 12.8. The van der Waals surface area contributed by atoms with Crippen LogP contribution in [0.5, 0.6) is 11.5 Å². The number of carbonyl (C=O) groups excluding carboxylic acids is 3. The number of benzene rings is 2. The quantitative estimate of drug-likeness (QED) is 0.360. The largest absolute Gasteiger partial charge is 0.513 e. The summed E-state index contributed by atoms with van der Waals surface area (Å²) in [5.74, 6) is 1.17. The van der Waals surface area contributed by atoms with Crippen LogP contribution in [0.2, 0.25) is 0 Å². The first-order valence-corrected chi connectivity index (χ1v) is 11.3. The molecule has 1 aliphatic heterocycles. The molecular weight excluding hydrogens is 436 g/mol. The van der Waals surface area contributed by atoms with E-state index in [0.29, 0.717) is 36.9 Å². The van der Waals surface area contributed by atoms with Gasteiger partial charge in [-0.3, -0.25) is 9.59 Å². The van der Waals surface area contributed by atoms with Crippen molar-refractivity contribution in [3.05, 3.63) is 65.7 Å². The summed E-state index contributed by atoms with van der Waals surface area (Å²) in [5, 5.41) is 2.95. The summed E-state index contributed by atoms with van der Waals surface area (Å²) in [4.78, 5) is 38.1. The molecule has 1 heterocycles. The molecule has 0 unspecified atom stereocenters. The second-order valence-electron chi connectivity index (χ2n) is 7.90. The first kappa shape index (κ1) is 24.8. The van der Waals surface area contributed by atoms with Crippen LogP contribution < -0.4 is 14.8 Å². The third-order valence-corrected chi connectivity index (χ3v) is 5.55. The Bertz CT molecular complexity index is 1010. The van der Waals surface area contributed by atoms with Gasteiger partial charge in [-0.25, -0.2) is 4.79 Å². The molecule has 8 heteroatoms. The van der Waals surface area contributed by atoms with Gasteiger partial charge in [-0.15, -0.1) is 0 Å². The smallest absolute Gasteiger partial charge is 0.497 e. The number of likely N-dealkylation sites (tertiary alicyclic amines) is 1. The molecule has 0 atom stereocenters. The van der Waals surface area contributed by atoms with E-state index in [0.717, 1.165) is 24.2 Å². The topological polar surface area (TPSA) is 94.2 Å². The number of piperidine rings is 1. The van der Waals surface area contributed by atoms with E-state index < -0.39 is 6.16 Å². The Morgan fingerprint density at radius 2 is 1.79 bits per heavy atom. The molecule has 2 aromatic rings. The fourth-order valence-electron chi connectivity index (χ4n) is 3.65. The zero-order valence-corrected chi connectivity index (χ0v) is 19.5. The van der Waals surface area contributed by atoms with Crippen LogP contribution in [0.1, 0.15) is 35.7 Å². The maximum Gasteiger partial charge on any atom is 0.513 e. The fourth-order valence-corrected chi connectivity index (χ4v) is 3.65. The van der Waals surface area contributed by atoms with Crippen molar-refractivity contribution in [3.63, 3.8) is 0 Å². The fraction of sp³-hybridized carbons (Fsp3) is 0.346. The van der Waals surface area contributed by atoms with E-state index >= 15 is 0 Å². The number of hydrogen-bond acceptors (Lipinski definition) is 6. The van der Waals surface area contributed by atoms with E-state index in [-0.39, 0.29) is 18.4 Å². The molecule has 0 saturated carbocycles. The van der Waals surface area contributed by atoms with Crippen molar-refractivity contribution in [1.82, 2.24) is 10.2 Å². The lowest BCUT2D eigenvalue weighted by molar-refractivity contribution is -0.116. The Hall–Kier alpha value is -3.81. The number of methoxy groups -OCH3 is 1. The normalized spacial score (nSPS) is 14.0. The second kappa shape index (κ2) is 12.4. The van der Waals surface area contributed by atoms with Crippen LogP contribution in [-0.4, -0.2) is 56.2 Å². The van der Waals surface area contributed by atoms with Crippen LogP contribution in [0.15, 0.2) is 54.6 Å². The summed E-state index contributed by atoms with van der Waals surface area (Å²) in [5.41, 5.74) is 1.42. The van der Waals surface area contributed by atoms with Crippen molar-refractivity contribution in [2.45, 2.75) is 19.8 Å². The first-order valence-electron chi connectivity index (χ1n) is 11.3. The van der Waals surface area contributed by atoms with Crippen LogP contribution in [0.4, 0.5) is 4.79 Å². The van der Waals surface area contributed by atoms with Crippen LogP contribution in [0, 0.1) is 5.92 Å². The number of nitrogens with zero attached hydrogens (tertiary/aromatic N) is 1. The average molecular weight is 467 g/mol. The van der Waals surface area contributed by atoms with Gasteiger partial charge in [0, 0.05) is 31.3 Å². The van der Waals surface area contributed by atoms with Crippen LogP contribution in [-0.2, 0) is 9.53 Å². The first-order chi connectivity index (χ1) is 16.5. The SMILES string of the molecule is CCOC(=O)Oc1ccc(C(=O)N2CCC(CNC(=O)/C=C/c3cccc(OC)c3)CC2)cc1. The minimum atomic E-state index is -0.772. The lowest BCUT2D eigenvalue weighted by atomic mass is 9.96. The van der Waals surface area contributed by atoms with Crippen molar-refractivity contribution < 1.29 is 28.6 Å². The van der Waals surface area contributed by atoms with Gasteiger partial charge in [0.15, 0.2) is 0 Å². The number of amides is 2. The molecule has 0 radical (unpaired) electrons. The molecular formula is C26H30N2O6. The van der Waals surface area contributed by atoms with Gasteiger partial charge in [0.1, 0.15) is 11.5 Å². The Balaban J connectivity index is 1.41. The molecule has 8 nitrogen and oxygen atoms in total. The highest BCUT2D eigenvalue weighted by molar-refractivity contribution is 5.94. The molecule has 2 aromatic carbocycles. The van der Waals surface area contributed by atoms with Crippen molar-refractivity contribution in [3.8, 4) is 11.5 Å². The number of carbonyl (C=O) groups is 3. The third-order valence-electron chi connectivity index (χ3n) is 5.55. The molecule has 1 aliphatic rings. The number of hydrogen-bond donors (Lipinski definition) is 1. The Kier molecular flexibility index (Phi) is 9.08. The molecule has 3 rings (SSSR count). The molecule has 2 amide bonds. The summed E-state index contributed by atoms with van der Waals surface area (Å²) < 4.78 is 14.9. The summed E-state index contributed by atoms with van der Waals surface area (Å²) >= 11 is 0. The van der Waals surface area contributed by atoms with Gasteiger partial charge in [0.05, 0.1) is 13.7 Å². The summed E-state index contributed by atoms with van der Waals surface area (Å²) in [6, 6.07) is 13.9. The van der Waals surface area contributed by atoms with Crippen LogP contribution >= 0.6 is 0 Å². The predicted octanol–water partition coefficient (Wildman–Crippen LogP) is 3.91. The molecule has 180 valence electrons. The second-order valence-corrected chi connectivity index (χ2v) is 7.90. The molecule has 0 bridgehead atoms. The Morgan fingerprint density at radius 1 is 1.06 bits per heavy atom.